The summed E-state index contributed by atoms with van der Waals surface area (Å²) in [5.41, 5.74) is 0.0197. The summed E-state index contributed by atoms with van der Waals surface area (Å²) in [5, 5.41) is 11.6. The standard InChI is InChI=1S/C11H23NO3/c1-9(15-4)10(14)12-8-11(2,3)6-5-7-13/h9,13H,5-8H2,1-4H3,(H,12,14). The minimum Gasteiger partial charge on any atom is -0.396 e. The van der Waals surface area contributed by atoms with Gasteiger partial charge in [0.2, 0.25) is 5.91 Å². The molecule has 0 spiro atoms. The van der Waals surface area contributed by atoms with Gasteiger partial charge in [-0.05, 0) is 25.2 Å². The Kier molecular flexibility index (Phi) is 6.52. The van der Waals surface area contributed by atoms with Crippen LogP contribution in [0.3, 0.4) is 0 Å². The Hall–Kier alpha value is -0.610. The third kappa shape index (κ3) is 6.47. The normalized spacial score (nSPS) is 13.7. The molecule has 0 aliphatic rings. The lowest BCUT2D eigenvalue weighted by Gasteiger charge is -2.25. The second-order valence-electron chi connectivity index (χ2n) is 4.59. The highest BCUT2D eigenvalue weighted by molar-refractivity contribution is 5.80. The smallest absolute Gasteiger partial charge is 0.248 e. The van der Waals surface area contributed by atoms with Gasteiger partial charge in [-0.15, -0.1) is 0 Å². The quantitative estimate of drug-likeness (QED) is 0.667. The summed E-state index contributed by atoms with van der Waals surface area (Å²) in [7, 11) is 1.52. The molecule has 0 aliphatic heterocycles. The van der Waals surface area contributed by atoms with E-state index in [1.165, 1.54) is 7.11 Å². The van der Waals surface area contributed by atoms with Gasteiger partial charge in [-0.2, -0.15) is 0 Å². The number of aliphatic hydroxyl groups is 1. The molecule has 0 saturated heterocycles. The van der Waals surface area contributed by atoms with E-state index in [1.54, 1.807) is 6.92 Å². The summed E-state index contributed by atoms with van der Waals surface area (Å²) < 4.78 is 4.91. The van der Waals surface area contributed by atoms with Crippen LogP contribution in [-0.4, -0.2) is 37.4 Å². The van der Waals surface area contributed by atoms with Crippen LogP contribution in [0.1, 0.15) is 33.6 Å². The molecule has 0 aromatic heterocycles. The fraction of sp³-hybridized carbons (Fsp3) is 0.909. The van der Waals surface area contributed by atoms with E-state index in [4.69, 9.17) is 9.84 Å². The van der Waals surface area contributed by atoms with Gasteiger partial charge in [-0.1, -0.05) is 13.8 Å². The van der Waals surface area contributed by atoms with Crippen molar-refractivity contribution in [3.63, 3.8) is 0 Å². The summed E-state index contributed by atoms with van der Waals surface area (Å²) >= 11 is 0. The Labute approximate surface area is 92.0 Å². The van der Waals surface area contributed by atoms with Gasteiger partial charge < -0.3 is 15.2 Å². The lowest BCUT2D eigenvalue weighted by atomic mass is 9.88. The van der Waals surface area contributed by atoms with E-state index in [0.717, 1.165) is 12.8 Å². The zero-order chi connectivity index (χ0) is 11.9. The maximum atomic E-state index is 11.4. The average Bonchev–Trinajstić information content (AvgIpc) is 2.22. The van der Waals surface area contributed by atoms with Gasteiger partial charge in [0.1, 0.15) is 6.10 Å². The molecule has 0 fully saturated rings. The molecule has 0 aromatic carbocycles. The zero-order valence-corrected chi connectivity index (χ0v) is 10.2. The number of carbonyl (C=O) groups is 1. The van der Waals surface area contributed by atoms with Crippen molar-refractivity contribution >= 4 is 5.91 Å². The van der Waals surface area contributed by atoms with Crippen LogP contribution in [0.5, 0.6) is 0 Å². The highest BCUT2D eigenvalue weighted by Gasteiger charge is 2.20. The monoisotopic (exact) mass is 217 g/mol. The number of methoxy groups -OCH3 is 1. The lowest BCUT2D eigenvalue weighted by Crippen LogP contribution is -2.39. The lowest BCUT2D eigenvalue weighted by molar-refractivity contribution is -0.130. The Morgan fingerprint density at radius 2 is 2.13 bits per heavy atom. The molecule has 1 unspecified atom stereocenters. The van der Waals surface area contributed by atoms with Crippen molar-refractivity contribution in [2.24, 2.45) is 5.41 Å². The van der Waals surface area contributed by atoms with Crippen LogP contribution in [0.4, 0.5) is 0 Å². The van der Waals surface area contributed by atoms with Crippen LogP contribution in [0.2, 0.25) is 0 Å². The molecule has 1 atom stereocenters. The van der Waals surface area contributed by atoms with Gasteiger partial charge in [0.15, 0.2) is 0 Å². The topological polar surface area (TPSA) is 58.6 Å². The summed E-state index contributed by atoms with van der Waals surface area (Å²) in [4.78, 5) is 11.4. The van der Waals surface area contributed by atoms with Crippen LogP contribution in [0.15, 0.2) is 0 Å². The molecule has 4 nitrogen and oxygen atoms in total. The van der Waals surface area contributed by atoms with E-state index < -0.39 is 6.10 Å². The number of hydrogen-bond donors (Lipinski definition) is 2. The third-order valence-corrected chi connectivity index (χ3v) is 2.48. The first-order valence-electron chi connectivity index (χ1n) is 5.34. The van der Waals surface area contributed by atoms with Crippen molar-refractivity contribution in [2.45, 2.75) is 39.7 Å². The van der Waals surface area contributed by atoms with Crippen molar-refractivity contribution in [3.8, 4) is 0 Å². The van der Waals surface area contributed by atoms with Crippen LogP contribution >= 0.6 is 0 Å². The molecule has 2 N–H and O–H groups in total. The molecule has 90 valence electrons. The van der Waals surface area contributed by atoms with Crippen molar-refractivity contribution < 1.29 is 14.6 Å². The van der Waals surface area contributed by atoms with Gasteiger partial charge in [0, 0.05) is 20.3 Å². The SMILES string of the molecule is COC(C)C(=O)NCC(C)(C)CCCO. The maximum absolute atomic E-state index is 11.4. The summed E-state index contributed by atoms with van der Waals surface area (Å²) in [6, 6.07) is 0. The first-order valence-corrected chi connectivity index (χ1v) is 5.34. The second-order valence-corrected chi connectivity index (χ2v) is 4.59. The van der Waals surface area contributed by atoms with E-state index in [9.17, 15) is 4.79 Å². The molecule has 0 aliphatic carbocycles. The first-order chi connectivity index (χ1) is 6.93. The molecule has 0 rings (SSSR count). The van der Waals surface area contributed by atoms with Gasteiger partial charge in [0.25, 0.3) is 0 Å². The van der Waals surface area contributed by atoms with Crippen LogP contribution in [-0.2, 0) is 9.53 Å². The number of rotatable bonds is 7. The van der Waals surface area contributed by atoms with E-state index >= 15 is 0 Å². The Morgan fingerprint density at radius 3 is 2.60 bits per heavy atom. The highest BCUT2D eigenvalue weighted by Crippen LogP contribution is 2.20. The van der Waals surface area contributed by atoms with Gasteiger partial charge in [0.05, 0.1) is 0 Å². The van der Waals surface area contributed by atoms with Gasteiger partial charge >= 0.3 is 0 Å². The van der Waals surface area contributed by atoms with E-state index in [1.807, 2.05) is 0 Å². The van der Waals surface area contributed by atoms with E-state index in [2.05, 4.69) is 19.2 Å². The molecule has 15 heavy (non-hydrogen) atoms. The largest absolute Gasteiger partial charge is 0.396 e. The molecule has 0 aromatic rings. The molecule has 4 heteroatoms. The Balaban J connectivity index is 3.86. The molecule has 0 saturated carbocycles. The van der Waals surface area contributed by atoms with Crippen molar-refractivity contribution in [3.05, 3.63) is 0 Å². The van der Waals surface area contributed by atoms with Gasteiger partial charge in [-0.25, -0.2) is 0 Å². The highest BCUT2D eigenvalue weighted by atomic mass is 16.5. The molecule has 0 heterocycles. The Morgan fingerprint density at radius 1 is 1.53 bits per heavy atom. The fourth-order valence-corrected chi connectivity index (χ4v) is 1.22. The number of ether oxygens (including phenoxy) is 1. The molecule has 0 radical (unpaired) electrons. The number of aliphatic hydroxyl groups excluding tert-OH is 1. The molecular weight excluding hydrogens is 194 g/mol. The molecule has 1 amide bonds. The number of nitrogens with one attached hydrogen (secondary N) is 1. The zero-order valence-electron chi connectivity index (χ0n) is 10.2. The predicted octanol–water partition coefficient (Wildman–Crippen LogP) is 0.936. The molecule has 0 bridgehead atoms. The number of amides is 1. The molecular formula is C11H23NO3. The van der Waals surface area contributed by atoms with Crippen molar-refractivity contribution in [1.29, 1.82) is 0 Å². The predicted molar refractivity (Wildman–Crippen MR) is 59.6 cm³/mol. The van der Waals surface area contributed by atoms with Crippen LogP contribution < -0.4 is 5.32 Å². The number of hydrogen-bond acceptors (Lipinski definition) is 3. The first kappa shape index (κ1) is 14.4. The van der Waals surface area contributed by atoms with Crippen LogP contribution in [0.25, 0.3) is 0 Å². The number of carbonyl (C=O) groups excluding carboxylic acids is 1. The fourth-order valence-electron chi connectivity index (χ4n) is 1.22. The maximum Gasteiger partial charge on any atom is 0.248 e. The minimum atomic E-state index is -0.404. The van der Waals surface area contributed by atoms with Crippen molar-refractivity contribution in [2.75, 3.05) is 20.3 Å². The van der Waals surface area contributed by atoms with Crippen molar-refractivity contribution in [1.82, 2.24) is 5.32 Å². The third-order valence-electron chi connectivity index (χ3n) is 2.48. The minimum absolute atomic E-state index is 0.0197. The summed E-state index contributed by atoms with van der Waals surface area (Å²) in [6.45, 7) is 6.67. The Bertz CT molecular complexity index is 192. The van der Waals surface area contributed by atoms with E-state index in [0.29, 0.717) is 6.54 Å². The summed E-state index contributed by atoms with van der Waals surface area (Å²) in [5.74, 6) is -0.0884. The average molecular weight is 217 g/mol. The van der Waals surface area contributed by atoms with Crippen LogP contribution in [0, 0.1) is 5.41 Å². The second kappa shape index (κ2) is 6.80. The summed E-state index contributed by atoms with van der Waals surface area (Å²) in [6.07, 6.45) is 1.26. The van der Waals surface area contributed by atoms with E-state index in [-0.39, 0.29) is 17.9 Å². The van der Waals surface area contributed by atoms with Gasteiger partial charge in [-0.3, -0.25) is 4.79 Å².